The van der Waals surface area contributed by atoms with Crippen LogP contribution in [-0.2, 0) is 16.2 Å². The lowest BCUT2D eigenvalue weighted by Gasteiger charge is -2.55. The quantitative estimate of drug-likeness (QED) is 0.165. The van der Waals surface area contributed by atoms with Crippen molar-refractivity contribution in [2.45, 2.75) is 69.7 Å². The highest BCUT2D eigenvalue weighted by molar-refractivity contribution is 6.10. The van der Waals surface area contributed by atoms with E-state index in [1.807, 2.05) is 0 Å². The van der Waals surface area contributed by atoms with Crippen LogP contribution in [0.3, 0.4) is 0 Å². The van der Waals surface area contributed by atoms with Gasteiger partial charge in [-0.3, -0.25) is 0 Å². The minimum atomic E-state index is -0.356. The molecule has 0 N–H and O–H groups in total. The molecule has 85 heavy (non-hydrogen) atoms. The van der Waals surface area contributed by atoms with E-state index in [0.717, 1.165) is 11.4 Å². The van der Waals surface area contributed by atoms with E-state index in [1.54, 1.807) is 0 Å². The van der Waals surface area contributed by atoms with Crippen molar-refractivity contribution in [3.8, 4) is 44.8 Å². The molecule has 2 unspecified atom stereocenters. The zero-order valence-corrected chi connectivity index (χ0v) is 48.7. The number of para-hydroxylation sites is 5. The summed E-state index contributed by atoms with van der Waals surface area (Å²) in [5, 5.41) is 5.09. The molecule has 0 spiro atoms. The van der Waals surface area contributed by atoms with Gasteiger partial charge in [-0.15, -0.1) is 0 Å². The van der Waals surface area contributed by atoms with Gasteiger partial charge in [-0.1, -0.05) is 193 Å². The molecular weight excluding hydrogens is 1030 g/mol. The van der Waals surface area contributed by atoms with Gasteiger partial charge >= 0.3 is 0 Å². The predicted octanol–water partition coefficient (Wildman–Crippen LogP) is 21.0. The van der Waals surface area contributed by atoms with Gasteiger partial charge in [0, 0.05) is 66.5 Å². The van der Waals surface area contributed by atoms with Crippen molar-refractivity contribution in [3.63, 3.8) is 0 Å². The van der Waals surface area contributed by atoms with Crippen LogP contribution in [0.4, 0.5) is 28.4 Å². The Bertz CT molecular complexity index is 4740. The van der Waals surface area contributed by atoms with E-state index in [9.17, 15) is 0 Å². The van der Waals surface area contributed by atoms with Crippen molar-refractivity contribution >= 4 is 72.0 Å². The van der Waals surface area contributed by atoms with Crippen molar-refractivity contribution in [1.82, 2.24) is 9.13 Å². The SMILES string of the molecule is CC1(C)c2cc(-c3ccc(N4c5ccccc5C5C=CC=CC54)cc3)cc3c2N2c4c1cc(-c1ccc(-n5c6ccccc6c6ccccc65)cc1)cc4C(C)(C)c1cc(-c4ccc(-n5c6ccccc6c6ccccc65)cc4)cc(c12)C3(C)C. The van der Waals surface area contributed by atoms with Crippen LogP contribution in [0.25, 0.3) is 88.4 Å². The molecule has 4 heteroatoms. The molecule has 406 valence electrons. The molecule has 0 radical (unpaired) electrons. The summed E-state index contributed by atoms with van der Waals surface area (Å²) < 4.78 is 4.84. The maximum absolute atomic E-state index is 2.73. The third-order valence-electron chi connectivity index (χ3n) is 20.6. The summed E-state index contributed by atoms with van der Waals surface area (Å²) in [6, 6.07) is 87.8. The molecule has 0 bridgehead atoms. The summed E-state index contributed by atoms with van der Waals surface area (Å²) in [4.78, 5) is 5.27. The standard InChI is InChI=1S/C81H62N4/c1-79(2)64-43-52(49-31-37-55(38-32-49)82-70-25-13-7-19-58(70)59-20-8-14-26-71(59)82)45-66-76(64)85-77-65(79)44-53(50-33-39-56(40-34-50)83-72-27-15-9-21-60(72)61-22-10-16-28-73(61)83)46-67(77)81(5,6)69-48-54(47-68(78(69)85)80(66,3)4)51-35-41-57(42-36-51)84-74-29-17-11-23-62(74)63-24-12-18-30-75(63)84/h7-48,58,70H,1-6H3. The monoisotopic (exact) mass is 1090 g/mol. The molecule has 18 rings (SSSR count). The first kappa shape index (κ1) is 48.6. The highest BCUT2D eigenvalue weighted by atomic mass is 15.2. The topological polar surface area (TPSA) is 16.3 Å². The van der Waals surface area contributed by atoms with Crippen molar-refractivity contribution in [3.05, 3.63) is 294 Å². The van der Waals surface area contributed by atoms with Gasteiger partial charge in [-0.25, -0.2) is 0 Å². The number of anilines is 5. The van der Waals surface area contributed by atoms with Crippen LogP contribution in [0.2, 0.25) is 0 Å². The second-order valence-electron chi connectivity index (χ2n) is 26.1. The summed E-state index contributed by atoms with van der Waals surface area (Å²) in [6.07, 6.45) is 9.15. The molecule has 0 amide bonds. The maximum atomic E-state index is 2.73. The van der Waals surface area contributed by atoms with Crippen LogP contribution >= 0.6 is 0 Å². The van der Waals surface area contributed by atoms with E-state index in [0.29, 0.717) is 5.92 Å². The Morgan fingerprint density at radius 2 is 0.624 bits per heavy atom. The number of allylic oxidation sites excluding steroid dienone is 2. The Balaban J connectivity index is 0.819. The van der Waals surface area contributed by atoms with Crippen LogP contribution in [-0.4, -0.2) is 15.2 Å². The smallest absolute Gasteiger partial charge is 0.0629 e. The van der Waals surface area contributed by atoms with Gasteiger partial charge in [-0.2, -0.15) is 0 Å². The van der Waals surface area contributed by atoms with E-state index in [2.05, 4.69) is 315 Å². The molecule has 6 heterocycles. The molecule has 13 aromatic rings. The average molecular weight is 1090 g/mol. The largest absolute Gasteiger partial charge is 0.333 e. The zero-order chi connectivity index (χ0) is 56.8. The number of aromatic nitrogens is 2. The van der Waals surface area contributed by atoms with Crippen molar-refractivity contribution in [1.29, 1.82) is 0 Å². The van der Waals surface area contributed by atoms with Gasteiger partial charge in [-0.05, 0) is 175 Å². The van der Waals surface area contributed by atoms with E-state index < -0.39 is 0 Å². The predicted molar refractivity (Wildman–Crippen MR) is 356 cm³/mol. The van der Waals surface area contributed by atoms with Crippen LogP contribution < -0.4 is 9.80 Å². The lowest BCUT2D eigenvalue weighted by molar-refractivity contribution is 0.567. The first-order valence-corrected chi connectivity index (χ1v) is 30.3. The van der Waals surface area contributed by atoms with Gasteiger partial charge in [0.1, 0.15) is 0 Å². The molecular formula is C81H62N4. The lowest BCUT2D eigenvalue weighted by atomic mass is 9.60. The Morgan fingerprint density at radius 3 is 1.00 bits per heavy atom. The maximum Gasteiger partial charge on any atom is 0.0629 e. The van der Waals surface area contributed by atoms with Gasteiger partial charge in [0.05, 0.1) is 45.2 Å². The number of hydrogen-bond donors (Lipinski definition) is 0. The minimum absolute atomic E-state index is 0.248. The number of fused-ring (bicyclic) bond motifs is 9. The third-order valence-corrected chi connectivity index (χ3v) is 20.6. The molecule has 5 aliphatic rings. The molecule has 2 aromatic heterocycles. The van der Waals surface area contributed by atoms with Crippen molar-refractivity contribution in [2.24, 2.45) is 0 Å². The number of benzene rings is 11. The second kappa shape index (κ2) is 17.1. The molecule has 0 fully saturated rings. The van der Waals surface area contributed by atoms with Crippen molar-refractivity contribution < 1.29 is 0 Å². The number of rotatable bonds is 6. The zero-order valence-electron chi connectivity index (χ0n) is 48.7. The molecule has 4 nitrogen and oxygen atoms in total. The molecule has 1 aliphatic carbocycles. The average Bonchev–Trinajstić information content (AvgIpc) is 1.51. The van der Waals surface area contributed by atoms with E-state index in [-0.39, 0.29) is 22.3 Å². The summed E-state index contributed by atoms with van der Waals surface area (Å²) >= 11 is 0. The van der Waals surface area contributed by atoms with Crippen molar-refractivity contribution in [2.75, 3.05) is 9.80 Å². The van der Waals surface area contributed by atoms with Gasteiger partial charge in [0.25, 0.3) is 0 Å². The molecule has 0 saturated heterocycles. The highest BCUT2D eigenvalue weighted by Gasteiger charge is 2.52. The highest BCUT2D eigenvalue weighted by Crippen LogP contribution is 2.67. The Morgan fingerprint density at radius 1 is 0.306 bits per heavy atom. The van der Waals surface area contributed by atoms with Gasteiger partial charge < -0.3 is 18.9 Å². The molecule has 2 atom stereocenters. The minimum Gasteiger partial charge on any atom is -0.333 e. The van der Waals surface area contributed by atoms with E-state index >= 15 is 0 Å². The summed E-state index contributed by atoms with van der Waals surface area (Å²) in [5.74, 6) is 0.337. The molecule has 0 saturated carbocycles. The third kappa shape index (κ3) is 6.57. The molecule has 4 aliphatic heterocycles. The van der Waals surface area contributed by atoms with E-state index in [1.165, 1.54) is 144 Å². The Labute approximate surface area is 496 Å². The Kier molecular flexibility index (Phi) is 9.79. The van der Waals surface area contributed by atoms with Crippen LogP contribution in [0, 0.1) is 0 Å². The lowest BCUT2D eigenvalue weighted by Crippen LogP contribution is -2.43. The first-order valence-electron chi connectivity index (χ1n) is 30.3. The first-order chi connectivity index (χ1) is 41.4. The normalized spacial score (nSPS) is 17.7. The van der Waals surface area contributed by atoms with E-state index in [4.69, 9.17) is 0 Å². The fourth-order valence-electron chi connectivity index (χ4n) is 16.2. The summed E-state index contributed by atoms with van der Waals surface area (Å²) in [7, 11) is 0. The van der Waals surface area contributed by atoms with Crippen LogP contribution in [0.1, 0.15) is 86.4 Å². The second-order valence-corrected chi connectivity index (χ2v) is 26.1. The van der Waals surface area contributed by atoms with Crippen LogP contribution in [0.5, 0.6) is 0 Å². The fraction of sp³-hybridized carbons (Fsp3) is 0.136. The number of hydrogen-bond acceptors (Lipinski definition) is 2. The van der Waals surface area contributed by atoms with Crippen LogP contribution in [0.15, 0.2) is 255 Å². The van der Waals surface area contributed by atoms with Gasteiger partial charge in [0.15, 0.2) is 0 Å². The summed E-state index contributed by atoms with van der Waals surface area (Å²) in [5.41, 5.74) is 29.6. The summed E-state index contributed by atoms with van der Waals surface area (Å²) in [6.45, 7) is 14.9. The Hall–Kier alpha value is -9.90. The number of nitrogens with zero attached hydrogens (tertiary/aromatic N) is 4. The fourth-order valence-corrected chi connectivity index (χ4v) is 16.2. The molecule has 11 aromatic carbocycles. The van der Waals surface area contributed by atoms with Gasteiger partial charge in [0.2, 0.25) is 0 Å².